The molecule has 0 aromatic heterocycles. The Balaban J connectivity index is 1.78. The first-order chi connectivity index (χ1) is 7.40. The monoisotopic (exact) mass is 209 g/mol. The Morgan fingerprint density at radius 1 is 1.07 bits per heavy atom. The molecule has 2 fully saturated rings. The van der Waals surface area contributed by atoms with Gasteiger partial charge in [-0.2, -0.15) is 0 Å². The molecular formula is C14H27N. The molecule has 0 heterocycles. The second-order valence-corrected chi connectivity index (χ2v) is 5.64. The smallest absolute Gasteiger partial charge is 0.00979 e. The zero-order valence-electron chi connectivity index (χ0n) is 10.3. The van der Waals surface area contributed by atoms with E-state index < -0.39 is 0 Å². The first-order valence-electron chi connectivity index (χ1n) is 7.13. The lowest BCUT2D eigenvalue weighted by atomic mass is 9.82. The van der Waals surface area contributed by atoms with Crippen LogP contribution in [0.1, 0.15) is 64.7 Å². The summed E-state index contributed by atoms with van der Waals surface area (Å²) in [7, 11) is 0. The quantitative estimate of drug-likeness (QED) is 0.703. The van der Waals surface area contributed by atoms with Crippen molar-refractivity contribution in [1.82, 2.24) is 5.32 Å². The van der Waals surface area contributed by atoms with E-state index in [1.54, 1.807) is 0 Å². The molecule has 1 heteroatoms. The van der Waals surface area contributed by atoms with Gasteiger partial charge in [-0.1, -0.05) is 39.0 Å². The summed E-state index contributed by atoms with van der Waals surface area (Å²) in [5.41, 5.74) is 0. The zero-order chi connectivity index (χ0) is 10.5. The van der Waals surface area contributed by atoms with E-state index in [1.807, 2.05) is 0 Å². The highest BCUT2D eigenvalue weighted by Gasteiger charge is 2.30. The van der Waals surface area contributed by atoms with Crippen LogP contribution in [-0.4, -0.2) is 12.6 Å². The molecule has 2 rings (SSSR count). The van der Waals surface area contributed by atoms with Gasteiger partial charge in [0.15, 0.2) is 0 Å². The summed E-state index contributed by atoms with van der Waals surface area (Å²) in [5, 5.41) is 3.81. The molecule has 1 nitrogen and oxygen atoms in total. The molecule has 1 N–H and O–H groups in total. The fraction of sp³-hybridized carbons (Fsp3) is 1.00. The Morgan fingerprint density at radius 2 is 1.80 bits per heavy atom. The maximum atomic E-state index is 3.81. The lowest BCUT2D eigenvalue weighted by Gasteiger charge is -2.31. The van der Waals surface area contributed by atoms with Crippen LogP contribution < -0.4 is 5.32 Å². The standard InChI is InChI=1S/C14H27N/c1-2-10-15-14(11-12-8-9-12)13-6-4-3-5-7-13/h12-15H,2-11H2,1H3. The Labute approximate surface area is 95.0 Å². The molecule has 0 amide bonds. The molecule has 2 aliphatic rings. The molecule has 0 spiro atoms. The van der Waals surface area contributed by atoms with Crippen LogP contribution in [0.15, 0.2) is 0 Å². The maximum Gasteiger partial charge on any atom is 0.00979 e. The highest BCUT2D eigenvalue weighted by atomic mass is 14.9. The van der Waals surface area contributed by atoms with Crippen molar-refractivity contribution in [1.29, 1.82) is 0 Å². The normalized spacial score (nSPS) is 25.4. The van der Waals surface area contributed by atoms with Gasteiger partial charge in [-0.25, -0.2) is 0 Å². The molecule has 0 saturated heterocycles. The van der Waals surface area contributed by atoms with Crippen LogP contribution in [0.25, 0.3) is 0 Å². The Morgan fingerprint density at radius 3 is 2.40 bits per heavy atom. The van der Waals surface area contributed by atoms with E-state index in [-0.39, 0.29) is 0 Å². The van der Waals surface area contributed by atoms with Gasteiger partial charge < -0.3 is 5.32 Å². The van der Waals surface area contributed by atoms with Gasteiger partial charge >= 0.3 is 0 Å². The molecule has 88 valence electrons. The van der Waals surface area contributed by atoms with Gasteiger partial charge in [0.05, 0.1) is 0 Å². The van der Waals surface area contributed by atoms with Crippen molar-refractivity contribution in [3.05, 3.63) is 0 Å². The van der Waals surface area contributed by atoms with Crippen LogP contribution in [-0.2, 0) is 0 Å². The van der Waals surface area contributed by atoms with Gasteiger partial charge in [-0.15, -0.1) is 0 Å². The van der Waals surface area contributed by atoms with Crippen LogP contribution in [0.4, 0.5) is 0 Å². The molecule has 2 aliphatic carbocycles. The maximum absolute atomic E-state index is 3.81. The van der Waals surface area contributed by atoms with Crippen molar-refractivity contribution < 1.29 is 0 Å². The third-order valence-electron chi connectivity index (χ3n) is 4.16. The minimum atomic E-state index is 0.859. The number of hydrogen-bond acceptors (Lipinski definition) is 1. The summed E-state index contributed by atoms with van der Waals surface area (Å²) >= 11 is 0. The lowest BCUT2D eigenvalue weighted by molar-refractivity contribution is 0.251. The van der Waals surface area contributed by atoms with Crippen LogP contribution >= 0.6 is 0 Å². The second-order valence-electron chi connectivity index (χ2n) is 5.64. The molecule has 2 saturated carbocycles. The number of nitrogens with one attached hydrogen (secondary N) is 1. The third-order valence-corrected chi connectivity index (χ3v) is 4.16. The van der Waals surface area contributed by atoms with Gasteiger partial charge in [0.2, 0.25) is 0 Å². The minimum absolute atomic E-state index is 0.859. The Kier molecular flexibility index (Phi) is 4.49. The minimum Gasteiger partial charge on any atom is -0.314 e. The predicted octanol–water partition coefficient (Wildman–Crippen LogP) is 3.74. The Hall–Kier alpha value is -0.0400. The average molecular weight is 209 g/mol. The van der Waals surface area contributed by atoms with Gasteiger partial charge in [0.1, 0.15) is 0 Å². The third kappa shape index (κ3) is 3.79. The van der Waals surface area contributed by atoms with E-state index in [4.69, 9.17) is 0 Å². The first-order valence-corrected chi connectivity index (χ1v) is 7.13. The van der Waals surface area contributed by atoms with Crippen molar-refractivity contribution in [3.8, 4) is 0 Å². The van der Waals surface area contributed by atoms with Crippen LogP contribution in [0.3, 0.4) is 0 Å². The molecule has 0 aromatic carbocycles. The van der Waals surface area contributed by atoms with Gasteiger partial charge in [0, 0.05) is 6.04 Å². The average Bonchev–Trinajstić information content (AvgIpc) is 3.09. The SMILES string of the molecule is CCCNC(CC1CC1)C1CCCCC1. The van der Waals surface area contributed by atoms with E-state index >= 15 is 0 Å². The van der Waals surface area contributed by atoms with E-state index in [9.17, 15) is 0 Å². The lowest BCUT2D eigenvalue weighted by Crippen LogP contribution is -2.38. The van der Waals surface area contributed by atoms with Gasteiger partial charge in [0.25, 0.3) is 0 Å². The van der Waals surface area contributed by atoms with Gasteiger partial charge in [-0.3, -0.25) is 0 Å². The van der Waals surface area contributed by atoms with Crippen LogP contribution in [0, 0.1) is 11.8 Å². The molecule has 0 bridgehead atoms. The van der Waals surface area contributed by atoms with Crippen molar-refractivity contribution in [2.45, 2.75) is 70.8 Å². The Bertz CT molecular complexity index is 168. The zero-order valence-corrected chi connectivity index (χ0v) is 10.3. The van der Waals surface area contributed by atoms with E-state index in [0.29, 0.717) is 0 Å². The largest absolute Gasteiger partial charge is 0.314 e. The van der Waals surface area contributed by atoms with Gasteiger partial charge in [-0.05, 0) is 44.1 Å². The molecule has 0 radical (unpaired) electrons. The fourth-order valence-corrected chi connectivity index (χ4v) is 3.02. The van der Waals surface area contributed by atoms with E-state index in [1.165, 1.54) is 64.3 Å². The summed E-state index contributed by atoms with van der Waals surface area (Å²) in [6, 6.07) is 0.859. The predicted molar refractivity (Wildman–Crippen MR) is 66.0 cm³/mol. The molecule has 1 atom stereocenters. The summed E-state index contributed by atoms with van der Waals surface area (Å²) in [6.07, 6.45) is 13.2. The highest BCUT2D eigenvalue weighted by molar-refractivity contribution is 4.85. The van der Waals surface area contributed by atoms with Crippen LogP contribution in [0.5, 0.6) is 0 Å². The summed E-state index contributed by atoms with van der Waals surface area (Å²) in [5.74, 6) is 2.09. The second kappa shape index (κ2) is 5.89. The molecule has 15 heavy (non-hydrogen) atoms. The highest BCUT2D eigenvalue weighted by Crippen LogP contribution is 2.37. The van der Waals surface area contributed by atoms with E-state index in [0.717, 1.165) is 17.9 Å². The van der Waals surface area contributed by atoms with Crippen molar-refractivity contribution >= 4 is 0 Å². The van der Waals surface area contributed by atoms with Crippen molar-refractivity contribution in [3.63, 3.8) is 0 Å². The number of rotatable bonds is 6. The topological polar surface area (TPSA) is 12.0 Å². The molecular weight excluding hydrogens is 182 g/mol. The molecule has 0 aromatic rings. The van der Waals surface area contributed by atoms with Crippen LogP contribution in [0.2, 0.25) is 0 Å². The fourth-order valence-electron chi connectivity index (χ4n) is 3.02. The van der Waals surface area contributed by atoms with Crippen molar-refractivity contribution in [2.75, 3.05) is 6.54 Å². The molecule has 0 aliphatic heterocycles. The molecule has 1 unspecified atom stereocenters. The first kappa shape index (κ1) is 11.4. The number of hydrogen-bond donors (Lipinski definition) is 1. The van der Waals surface area contributed by atoms with Crippen molar-refractivity contribution in [2.24, 2.45) is 11.8 Å². The van der Waals surface area contributed by atoms with E-state index in [2.05, 4.69) is 12.2 Å². The summed E-state index contributed by atoms with van der Waals surface area (Å²) < 4.78 is 0. The summed E-state index contributed by atoms with van der Waals surface area (Å²) in [6.45, 7) is 3.51. The summed E-state index contributed by atoms with van der Waals surface area (Å²) in [4.78, 5) is 0.